The molecule has 3 heterocycles. The van der Waals surface area contributed by atoms with Gasteiger partial charge in [0.25, 0.3) is 0 Å². The molecule has 3 saturated heterocycles. The van der Waals surface area contributed by atoms with Crippen molar-refractivity contribution in [3.8, 4) is 0 Å². The van der Waals surface area contributed by atoms with Crippen LogP contribution in [-0.2, 0) is 0 Å². The Morgan fingerprint density at radius 1 is 0.680 bits per heavy atom. The summed E-state index contributed by atoms with van der Waals surface area (Å²) in [6.07, 6.45) is 2.82. The van der Waals surface area contributed by atoms with Gasteiger partial charge < -0.3 is 4.90 Å². The van der Waals surface area contributed by atoms with Gasteiger partial charge in [-0.1, -0.05) is 0 Å². The van der Waals surface area contributed by atoms with Crippen LogP contribution in [0, 0.1) is 5.92 Å². The number of rotatable bonds is 3. The molecule has 0 aromatic heterocycles. The second-order valence-corrected chi connectivity index (χ2v) is 10.7. The van der Waals surface area contributed by atoms with Crippen LogP contribution >= 0.6 is 0 Å². The fourth-order valence-electron chi connectivity index (χ4n) is 4.70. The average molecular weight is 351 g/mol. The zero-order chi connectivity index (χ0) is 18.2. The van der Waals surface area contributed by atoms with Crippen molar-refractivity contribution in [1.29, 1.82) is 0 Å². The molecule has 0 atom stereocenters. The lowest BCUT2D eigenvalue weighted by Crippen LogP contribution is -2.65. The summed E-state index contributed by atoms with van der Waals surface area (Å²) in [5.41, 5.74) is 0.686. The van der Waals surface area contributed by atoms with Crippen molar-refractivity contribution in [1.82, 2.24) is 19.6 Å². The Labute approximate surface area is 156 Å². The van der Waals surface area contributed by atoms with E-state index in [1.807, 2.05) is 0 Å². The van der Waals surface area contributed by atoms with Crippen molar-refractivity contribution in [2.45, 2.75) is 71.5 Å². The van der Waals surface area contributed by atoms with Crippen molar-refractivity contribution in [3.63, 3.8) is 0 Å². The summed E-state index contributed by atoms with van der Waals surface area (Å²) < 4.78 is 0. The minimum atomic E-state index is 0.334. The molecule has 146 valence electrons. The number of hydrogen-bond acceptors (Lipinski definition) is 4. The predicted octanol–water partition coefficient (Wildman–Crippen LogP) is 2.60. The zero-order valence-electron chi connectivity index (χ0n) is 17.7. The quantitative estimate of drug-likeness (QED) is 0.775. The Morgan fingerprint density at radius 3 is 1.68 bits per heavy atom. The maximum absolute atomic E-state index is 2.77. The van der Waals surface area contributed by atoms with Crippen LogP contribution in [0.3, 0.4) is 0 Å². The molecule has 0 radical (unpaired) electrons. The first-order valence-corrected chi connectivity index (χ1v) is 10.6. The summed E-state index contributed by atoms with van der Waals surface area (Å²) in [5, 5.41) is 0. The highest BCUT2D eigenvalue weighted by molar-refractivity contribution is 4.95. The molecule has 3 rings (SSSR count). The highest BCUT2D eigenvalue weighted by Gasteiger charge is 2.38. The van der Waals surface area contributed by atoms with E-state index in [1.54, 1.807) is 0 Å². The third-order valence-corrected chi connectivity index (χ3v) is 6.81. The second kappa shape index (κ2) is 7.46. The Hall–Kier alpha value is -0.160. The molecule has 4 heteroatoms. The van der Waals surface area contributed by atoms with Crippen LogP contribution in [-0.4, -0.2) is 95.6 Å². The molecule has 0 aromatic carbocycles. The van der Waals surface area contributed by atoms with Crippen LogP contribution < -0.4 is 0 Å². The normalized spacial score (nSPS) is 27.6. The van der Waals surface area contributed by atoms with E-state index in [0.717, 1.165) is 12.0 Å². The fourth-order valence-corrected chi connectivity index (χ4v) is 4.70. The first kappa shape index (κ1) is 19.6. The van der Waals surface area contributed by atoms with Gasteiger partial charge in [0.2, 0.25) is 0 Å². The summed E-state index contributed by atoms with van der Waals surface area (Å²) in [6, 6.07) is 0.829. The Balaban J connectivity index is 1.34. The molecule has 0 saturated carbocycles. The number of piperidine rings is 1. The van der Waals surface area contributed by atoms with Gasteiger partial charge >= 0.3 is 0 Å². The zero-order valence-corrected chi connectivity index (χ0v) is 17.7. The van der Waals surface area contributed by atoms with E-state index in [1.165, 1.54) is 71.7 Å². The van der Waals surface area contributed by atoms with E-state index < -0.39 is 0 Å². The third kappa shape index (κ3) is 4.97. The monoisotopic (exact) mass is 350 g/mol. The first-order valence-electron chi connectivity index (χ1n) is 10.6. The van der Waals surface area contributed by atoms with E-state index >= 15 is 0 Å². The van der Waals surface area contributed by atoms with Gasteiger partial charge in [-0.25, -0.2) is 0 Å². The van der Waals surface area contributed by atoms with Crippen LogP contribution in [0.15, 0.2) is 0 Å². The van der Waals surface area contributed by atoms with E-state index in [4.69, 9.17) is 0 Å². The molecule has 0 N–H and O–H groups in total. The van der Waals surface area contributed by atoms with Gasteiger partial charge in [0.15, 0.2) is 0 Å². The van der Waals surface area contributed by atoms with Crippen LogP contribution in [0.1, 0.15) is 54.4 Å². The van der Waals surface area contributed by atoms with Crippen LogP contribution in [0.4, 0.5) is 0 Å². The van der Waals surface area contributed by atoms with Gasteiger partial charge in [-0.15, -0.1) is 0 Å². The molecule has 0 bridgehead atoms. The minimum Gasteiger partial charge on any atom is -0.301 e. The molecular weight excluding hydrogens is 308 g/mol. The smallest absolute Gasteiger partial charge is 0.0350 e. The van der Waals surface area contributed by atoms with Gasteiger partial charge in [0.05, 0.1) is 0 Å². The van der Waals surface area contributed by atoms with E-state index in [-0.39, 0.29) is 0 Å². The van der Waals surface area contributed by atoms with E-state index in [9.17, 15) is 0 Å². The molecule has 0 aliphatic carbocycles. The van der Waals surface area contributed by atoms with Gasteiger partial charge in [0, 0.05) is 62.9 Å². The van der Waals surface area contributed by atoms with Crippen LogP contribution in [0.25, 0.3) is 0 Å². The van der Waals surface area contributed by atoms with Crippen LogP contribution in [0.5, 0.6) is 0 Å². The van der Waals surface area contributed by atoms with E-state index in [2.05, 4.69) is 61.1 Å². The average Bonchev–Trinajstić information content (AvgIpc) is 2.46. The topological polar surface area (TPSA) is 13.0 Å². The summed E-state index contributed by atoms with van der Waals surface area (Å²) in [5.74, 6) is 0.927. The molecule has 4 nitrogen and oxygen atoms in total. The number of hydrogen-bond donors (Lipinski definition) is 0. The van der Waals surface area contributed by atoms with Crippen molar-refractivity contribution < 1.29 is 0 Å². The molecule has 0 unspecified atom stereocenters. The SMILES string of the molecule is CC(C)(C)N1CCN(CC2CCN(C3CN(C(C)(C)C)C3)CC2)CC1. The largest absolute Gasteiger partial charge is 0.301 e. The molecule has 0 spiro atoms. The third-order valence-electron chi connectivity index (χ3n) is 6.81. The lowest BCUT2D eigenvalue weighted by atomic mass is 9.91. The van der Waals surface area contributed by atoms with Crippen molar-refractivity contribution in [2.75, 3.05) is 58.9 Å². The highest BCUT2D eigenvalue weighted by atomic mass is 15.3. The van der Waals surface area contributed by atoms with Gasteiger partial charge in [-0.3, -0.25) is 14.7 Å². The van der Waals surface area contributed by atoms with Crippen molar-refractivity contribution in [2.24, 2.45) is 5.92 Å². The van der Waals surface area contributed by atoms with Crippen molar-refractivity contribution >= 4 is 0 Å². The predicted molar refractivity (Wildman–Crippen MR) is 107 cm³/mol. The molecule has 0 aromatic rings. The molecular formula is C21H42N4. The lowest BCUT2D eigenvalue weighted by molar-refractivity contribution is -0.0357. The summed E-state index contributed by atoms with van der Waals surface area (Å²) in [4.78, 5) is 10.8. The standard InChI is InChI=1S/C21H42N4/c1-20(2,3)24-13-11-22(12-14-24)15-18-7-9-23(10-8-18)19-16-25(17-19)21(4,5)6/h18-19H,7-17H2,1-6H3. The number of nitrogens with zero attached hydrogens (tertiary/aromatic N) is 4. The molecule has 25 heavy (non-hydrogen) atoms. The van der Waals surface area contributed by atoms with Gasteiger partial charge in [-0.2, -0.15) is 0 Å². The molecule has 3 aliphatic heterocycles. The van der Waals surface area contributed by atoms with Gasteiger partial charge in [0.1, 0.15) is 0 Å². The van der Waals surface area contributed by atoms with Crippen molar-refractivity contribution in [3.05, 3.63) is 0 Å². The summed E-state index contributed by atoms with van der Waals surface area (Å²) in [6.45, 7) is 25.6. The van der Waals surface area contributed by atoms with Gasteiger partial charge in [-0.05, 0) is 73.4 Å². The van der Waals surface area contributed by atoms with Crippen LogP contribution in [0.2, 0.25) is 0 Å². The molecule has 3 fully saturated rings. The maximum Gasteiger partial charge on any atom is 0.0350 e. The minimum absolute atomic E-state index is 0.334. The maximum atomic E-state index is 2.77. The Morgan fingerprint density at radius 2 is 1.20 bits per heavy atom. The summed E-state index contributed by atoms with van der Waals surface area (Å²) in [7, 11) is 0. The second-order valence-electron chi connectivity index (χ2n) is 10.7. The van der Waals surface area contributed by atoms with E-state index in [0.29, 0.717) is 11.1 Å². The number of piperazine rings is 1. The fraction of sp³-hybridized carbons (Fsp3) is 1.00. The highest BCUT2D eigenvalue weighted by Crippen LogP contribution is 2.28. The molecule has 0 amide bonds. The Kier molecular flexibility index (Phi) is 5.85. The first-order chi connectivity index (χ1) is 11.6. The Bertz CT molecular complexity index is 414. The molecule has 3 aliphatic rings. The number of likely N-dealkylation sites (tertiary alicyclic amines) is 2. The lowest BCUT2D eigenvalue weighted by Gasteiger charge is -2.53. The summed E-state index contributed by atoms with van der Waals surface area (Å²) >= 11 is 0.